The van der Waals surface area contributed by atoms with Gasteiger partial charge >= 0.3 is 5.97 Å². The van der Waals surface area contributed by atoms with Gasteiger partial charge in [0.05, 0.1) is 13.0 Å². The van der Waals surface area contributed by atoms with Crippen LogP contribution in [0, 0.1) is 11.8 Å². The number of methoxy groups -OCH3 is 1. The Bertz CT molecular complexity index is 459. The zero-order chi connectivity index (χ0) is 13.3. The van der Waals surface area contributed by atoms with Crippen LogP contribution in [-0.2, 0) is 9.53 Å². The Morgan fingerprint density at radius 1 is 1.50 bits per heavy atom. The van der Waals surface area contributed by atoms with Crippen molar-refractivity contribution in [2.24, 2.45) is 11.8 Å². The van der Waals surface area contributed by atoms with Gasteiger partial charge in [0.25, 0.3) is 0 Å². The minimum atomic E-state index is -0.0885. The van der Waals surface area contributed by atoms with E-state index < -0.39 is 0 Å². The molecular formula is C14H16Cl2O2. The van der Waals surface area contributed by atoms with Crippen molar-refractivity contribution in [1.82, 2.24) is 0 Å². The Hall–Kier alpha value is -0.730. The van der Waals surface area contributed by atoms with E-state index in [-0.39, 0.29) is 11.9 Å². The molecule has 18 heavy (non-hydrogen) atoms. The summed E-state index contributed by atoms with van der Waals surface area (Å²) in [4.78, 5) is 11.3. The molecule has 0 spiro atoms. The van der Waals surface area contributed by atoms with E-state index in [0.717, 1.165) is 18.4 Å². The van der Waals surface area contributed by atoms with Gasteiger partial charge in [-0.15, -0.1) is 0 Å². The highest BCUT2D eigenvalue weighted by Gasteiger charge is 2.44. The Morgan fingerprint density at radius 2 is 2.22 bits per heavy atom. The Morgan fingerprint density at radius 3 is 2.83 bits per heavy atom. The molecule has 0 aromatic heterocycles. The van der Waals surface area contributed by atoms with E-state index in [9.17, 15) is 4.79 Å². The third-order valence-electron chi connectivity index (χ3n) is 3.58. The van der Waals surface area contributed by atoms with Crippen molar-refractivity contribution in [3.8, 4) is 0 Å². The van der Waals surface area contributed by atoms with Crippen molar-refractivity contribution in [1.29, 1.82) is 0 Å². The van der Waals surface area contributed by atoms with Crippen LogP contribution in [0.25, 0.3) is 0 Å². The van der Waals surface area contributed by atoms with Crippen LogP contribution in [-0.4, -0.2) is 13.1 Å². The Labute approximate surface area is 117 Å². The molecule has 1 aromatic carbocycles. The van der Waals surface area contributed by atoms with Crippen molar-refractivity contribution in [3.05, 3.63) is 33.8 Å². The lowest BCUT2D eigenvalue weighted by Crippen LogP contribution is -2.06. The predicted molar refractivity (Wildman–Crippen MR) is 73.1 cm³/mol. The molecule has 0 saturated heterocycles. The highest BCUT2D eigenvalue weighted by molar-refractivity contribution is 6.35. The van der Waals surface area contributed by atoms with E-state index in [4.69, 9.17) is 27.9 Å². The molecule has 1 fully saturated rings. The summed E-state index contributed by atoms with van der Waals surface area (Å²) >= 11 is 12.1. The second kappa shape index (κ2) is 5.50. The van der Waals surface area contributed by atoms with Gasteiger partial charge in [0, 0.05) is 10.0 Å². The van der Waals surface area contributed by atoms with E-state index in [1.165, 1.54) is 7.11 Å². The van der Waals surface area contributed by atoms with Gasteiger partial charge in [-0.25, -0.2) is 0 Å². The highest BCUT2D eigenvalue weighted by Crippen LogP contribution is 2.46. The van der Waals surface area contributed by atoms with Crippen LogP contribution < -0.4 is 0 Å². The summed E-state index contributed by atoms with van der Waals surface area (Å²) in [5.41, 5.74) is 1.09. The van der Waals surface area contributed by atoms with Crippen molar-refractivity contribution in [3.63, 3.8) is 0 Å². The number of rotatable bonds is 4. The smallest absolute Gasteiger partial charge is 0.308 e. The van der Waals surface area contributed by atoms with Gasteiger partial charge in [0.2, 0.25) is 0 Å². The molecule has 2 nitrogen and oxygen atoms in total. The lowest BCUT2D eigenvalue weighted by atomic mass is 9.95. The number of benzene rings is 1. The fourth-order valence-electron chi connectivity index (χ4n) is 2.43. The number of carbonyl (C=O) groups is 1. The number of esters is 1. The molecule has 0 N–H and O–H groups in total. The van der Waals surface area contributed by atoms with Gasteiger partial charge in [-0.05, 0) is 42.4 Å². The van der Waals surface area contributed by atoms with Crippen molar-refractivity contribution >= 4 is 29.2 Å². The van der Waals surface area contributed by atoms with Crippen LogP contribution in [0.1, 0.15) is 31.2 Å². The molecule has 1 aliphatic carbocycles. The summed E-state index contributed by atoms with van der Waals surface area (Å²) in [6.45, 7) is 2.13. The van der Waals surface area contributed by atoms with Crippen LogP contribution in [0.5, 0.6) is 0 Å². The molecule has 0 amide bonds. The van der Waals surface area contributed by atoms with Gasteiger partial charge in [0.1, 0.15) is 0 Å². The maximum absolute atomic E-state index is 11.3. The van der Waals surface area contributed by atoms with Crippen molar-refractivity contribution in [2.45, 2.75) is 25.7 Å². The molecule has 1 saturated carbocycles. The van der Waals surface area contributed by atoms with E-state index in [2.05, 4.69) is 6.92 Å². The number of ether oxygens (including phenoxy) is 1. The Balaban J connectivity index is 1.97. The lowest BCUT2D eigenvalue weighted by molar-refractivity contribution is -0.142. The largest absolute Gasteiger partial charge is 0.469 e. The quantitative estimate of drug-likeness (QED) is 0.772. The van der Waals surface area contributed by atoms with E-state index in [1.807, 2.05) is 12.1 Å². The van der Waals surface area contributed by atoms with Gasteiger partial charge in [0.15, 0.2) is 0 Å². The summed E-state index contributed by atoms with van der Waals surface area (Å²) in [6, 6.07) is 5.58. The monoisotopic (exact) mass is 286 g/mol. The Kier molecular flexibility index (Phi) is 4.18. The standard InChI is InChI=1S/C14H16Cl2O2/c1-8(5-9-6-12(9)14(17)18-2)11-4-3-10(15)7-13(11)16/h3-4,7-9,12H,5-6H2,1-2H3. The minimum absolute atomic E-state index is 0.0866. The fraction of sp³-hybridized carbons (Fsp3) is 0.500. The van der Waals surface area contributed by atoms with Crippen LogP contribution >= 0.6 is 23.2 Å². The SMILES string of the molecule is COC(=O)C1CC1CC(C)c1ccc(Cl)cc1Cl. The first-order chi connectivity index (χ1) is 8.52. The molecule has 0 aliphatic heterocycles. The van der Waals surface area contributed by atoms with Gasteiger partial charge in [-0.1, -0.05) is 36.2 Å². The van der Waals surface area contributed by atoms with Crippen LogP contribution in [0.15, 0.2) is 18.2 Å². The first-order valence-corrected chi connectivity index (χ1v) is 6.81. The molecule has 0 heterocycles. The zero-order valence-corrected chi connectivity index (χ0v) is 12.0. The molecule has 4 heteroatoms. The molecule has 3 unspecified atom stereocenters. The summed E-state index contributed by atoms with van der Waals surface area (Å²) in [7, 11) is 1.44. The number of hydrogen-bond donors (Lipinski definition) is 0. The van der Waals surface area contributed by atoms with Gasteiger partial charge in [-0.2, -0.15) is 0 Å². The van der Waals surface area contributed by atoms with Crippen LogP contribution in [0.3, 0.4) is 0 Å². The molecular weight excluding hydrogens is 271 g/mol. The zero-order valence-electron chi connectivity index (χ0n) is 10.5. The van der Waals surface area contributed by atoms with Gasteiger partial charge in [-0.3, -0.25) is 4.79 Å². The lowest BCUT2D eigenvalue weighted by Gasteiger charge is -2.13. The summed E-state index contributed by atoms with van der Waals surface area (Å²) < 4.78 is 4.75. The molecule has 0 radical (unpaired) electrons. The molecule has 3 atom stereocenters. The minimum Gasteiger partial charge on any atom is -0.469 e. The fourth-order valence-corrected chi connectivity index (χ4v) is 3.03. The van der Waals surface area contributed by atoms with E-state index >= 15 is 0 Å². The van der Waals surface area contributed by atoms with Crippen LogP contribution in [0.4, 0.5) is 0 Å². The predicted octanol–water partition coefficient (Wildman–Crippen LogP) is 4.30. The summed E-state index contributed by atoms with van der Waals surface area (Å²) in [6.07, 6.45) is 1.89. The molecule has 2 rings (SSSR count). The maximum Gasteiger partial charge on any atom is 0.308 e. The topological polar surface area (TPSA) is 26.3 Å². The molecule has 1 aliphatic rings. The second-order valence-corrected chi connectivity index (χ2v) is 5.77. The summed E-state index contributed by atoms with van der Waals surface area (Å²) in [5, 5.41) is 1.35. The first-order valence-electron chi connectivity index (χ1n) is 6.05. The normalized spacial score (nSPS) is 23.6. The first kappa shape index (κ1) is 13.7. The van der Waals surface area contributed by atoms with E-state index in [1.54, 1.807) is 6.07 Å². The number of carbonyl (C=O) groups excluding carboxylic acids is 1. The maximum atomic E-state index is 11.3. The third kappa shape index (κ3) is 2.99. The molecule has 0 bridgehead atoms. The number of hydrogen-bond acceptors (Lipinski definition) is 2. The molecule has 1 aromatic rings. The van der Waals surface area contributed by atoms with Crippen LogP contribution in [0.2, 0.25) is 10.0 Å². The average molecular weight is 287 g/mol. The van der Waals surface area contributed by atoms with Crippen molar-refractivity contribution < 1.29 is 9.53 Å². The van der Waals surface area contributed by atoms with Gasteiger partial charge < -0.3 is 4.74 Å². The third-order valence-corrected chi connectivity index (χ3v) is 4.14. The second-order valence-electron chi connectivity index (χ2n) is 4.93. The average Bonchev–Trinajstić information content (AvgIpc) is 3.07. The highest BCUT2D eigenvalue weighted by atomic mass is 35.5. The van der Waals surface area contributed by atoms with Crippen molar-refractivity contribution in [2.75, 3.05) is 7.11 Å². The molecule has 98 valence electrons. The number of halogens is 2. The summed E-state index contributed by atoms with van der Waals surface area (Å²) in [5.74, 6) is 0.756. The van der Waals surface area contributed by atoms with E-state index in [0.29, 0.717) is 21.9 Å².